The largest absolute Gasteiger partial charge is 0.351 e. The van der Waals surface area contributed by atoms with Crippen molar-refractivity contribution in [2.75, 3.05) is 12.3 Å². The molecule has 0 aliphatic carbocycles. The Morgan fingerprint density at radius 2 is 2.05 bits per heavy atom. The van der Waals surface area contributed by atoms with Crippen LogP contribution in [-0.4, -0.2) is 26.6 Å². The highest BCUT2D eigenvalue weighted by molar-refractivity contribution is 7.89. The van der Waals surface area contributed by atoms with Gasteiger partial charge in [-0.2, -0.15) is 0 Å². The number of benzene rings is 1. The van der Waals surface area contributed by atoms with Gasteiger partial charge in [-0.05, 0) is 18.9 Å². The van der Waals surface area contributed by atoms with E-state index >= 15 is 0 Å². The van der Waals surface area contributed by atoms with Crippen LogP contribution in [-0.2, 0) is 21.4 Å². The molecular formula is C13H20N2O3S. The number of hydrogen-bond acceptors (Lipinski definition) is 3. The molecule has 6 heteroatoms. The van der Waals surface area contributed by atoms with Crippen molar-refractivity contribution in [3.05, 3.63) is 35.4 Å². The second-order valence-electron chi connectivity index (χ2n) is 4.41. The first-order valence-electron chi connectivity index (χ1n) is 6.22. The molecule has 0 unspecified atom stereocenters. The van der Waals surface area contributed by atoms with Crippen LogP contribution in [0.25, 0.3) is 0 Å². The molecule has 0 radical (unpaired) electrons. The average Bonchev–Trinajstić information content (AvgIpc) is 2.34. The van der Waals surface area contributed by atoms with Crippen molar-refractivity contribution in [1.29, 1.82) is 0 Å². The first-order valence-corrected chi connectivity index (χ1v) is 7.88. The lowest BCUT2D eigenvalue weighted by Gasteiger charge is -2.07. The molecule has 5 nitrogen and oxygen atoms in total. The van der Waals surface area contributed by atoms with Crippen molar-refractivity contribution in [3.8, 4) is 0 Å². The van der Waals surface area contributed by atoms with Crippen molar-refractivity contribution < 1.29 is 13.2 Å². The van der Waals surface area contributed by atoms with Gasteiger partial charge in [-0.15, -0.1) is 0 Å². The minimum Gasteiger partial charge on any atom is -0.351 e. The monoisotopic (exact) mass is 284 g/mol. The minimum absolute atomic E-state index is 0.0398. The molecule has 0 heterocycles. The lowest BCUT2D eigenvalue weighted by Crippen LogP contribution is -2.37. The summed E-state index contributed by atoms with van der Waals surface area (Å²) in [4.78, 5) is 11.5. The smallest absolute Gasteiger partial charge is 0.235 e. The lowest BCUT2D eigenvalue weighted by molar-refractivity contribution is -0.120. The SMILES string of the molecule is CCCS(=O)(=O)NCC(=O)NCc1cccc(C)c1. The number of sulfonamides is 1. The van der Waals surface area contributed by atoms with Crippen LogP contribution in [0.4, 0.5) is 0 Å². The van der Waals surface area contributed by atoms with Gasteiger partial charge in [-0.3, -0.25) is 4.79 Å². The molecule has 0 spiro atoms. The number of carbonyl (C=O) groups excluding carboxylic acids is 1. The molecular weight excluding hydrogens is 264 g/mol. The number of hydrogen-bond donors (Lipinski definition) is 2. The van der Waals surface area contributed by atoms with Crippen LogP contribution in [0.1, 0.15) is 24.5 Å². The summed E-state index contributed by atoms with van der Waals surface area (Å²) in [6, 6.07) is 7.78. The van der Waals surface area contributed by atoms with Gasteiger partial charge in [0.05, 0.1) is 12.3 Å². The first kappa shape index (κ1) is 15.7. The molecule has 106 valence electrons. The maximum Gasteiger partial charge on any atom is 0.235 e. The fourth-order valence-electron chi connectivity index (χ4n) is 1.60. The molecule has 1 aromatic rings. The van der Waals surface area contributed by atoms with Gasteiger partial charge >= 0.3 is 0 Å². The van der Waals surface area contributed by atoms with E-state index in [9.17, 15) is 13.2 Å². The van der Waals surface area contributed by atoms with Crippen molar-refractivity contribution in [1.82, 2.24) is 10.0 Å². The Kier molecular flexibility index (Phi) is 5.98. The quantitative estimate of drug-likeness (QED) is 0.782. The molecule has 0 saturated carbocycles. The molecule has 1 aromatic carbocycles. The zero-order valence-electron chi connectivity index (χ0n) is 11.3. The number of nitrogens with one attached hydrogen (secondary N) is 2. The zero-order chi connectivity index (χ0) is 14.3. The normalized spacial score (nSPS) is 11.3. The van der Waals surface area contributed by atoms with Gasteiger partial charge in [0.25, 0.3) is 0 Å². The van der Waals surface area contributed by atoms with Crippen LogP contribution in [0, 0.1) is 6.92 Å². The average molecular weight is 284 g/mol. The van der Waals surface area contributed by atoms with Gasteiger partial charge in [0.1, 0.15) is 0 Å². The summed E-state index contributed by atoms with van der Waals surface area (Å²) in [5, 5.41) is 2.67. The van der Waals surface area contributed by atoms with Gasteiger partial charge in [0.2, 0.25) is 15.9 Å². The number of amides is 1. The van der Waals surface area contributed by atoms with Crippen LogP contribution in [0.5, 0.6) is 0 Å². The van der Waals surface area contributed by atoms with E-state index in [1.54, 1.807) is 6.92 Å². The van der Waals surface area contributed by atoms with E-state index in [0.29, 0.717) is 13.0 Å². The molecule has 19 heavy (non-hydrogen) atoms. The van der Waals surface area contributed by atoms with Gasteiger partial charge in [0, 0.05) is 6.54 Å². The Morgan fingerprint density at radius 3 is 2.68 bits per heavy atom. The summed E-state index contributed by atoms with van der Waals surface area (Å²) in [5.41, 5.74) is 2.11. The van der Waals surface area contributed by atoms with Crippen LogP contribution in [0.15, 0.2) is 24.3 Å². The lowest BCUT2D eigenvalue weighted by atomic mass is 10.1. The minimum atomic E-state index is -3.33. The third-order valence-electron chi connectivity index (χ3n) is 2.50. The summed E-state index contributed by atoms with van der Waals surface area (Å²) in [6.45, 7) is 3.94. The Morgan fingerprint density at radius 1 is 1.32 bits per heavy atom. The number of aryl methyl sites for hydroxylation is 1. The van der Waals surface area contributed by atoms with Crippen molar-refractivity contribution in [3.63, 3.8) is 0 Å². The summed E-state index contributed by atoms with van der Waals surface area (Å²) >= 11 is 0. The molecule has 2 N–H and O–H groups in total. The second kappa shape index (κ2) is 7.25. The molecule has 0 bridgehead atoms. The van der Waals surface area contributed by atoms with Crippen LogP contribution in [0.2, 0.25) is 0 Å². The molecule has 0 fully saturated rings. The van der Waals surface area contributed by atoms with E-state index in [1.165, 1.54) is 0 Å². The van der Waals surface area contributed by atoms with Gasteiger partial charge in [-0.25, -0.2) is 13.1 Å². The van der Waals surface area contributed by atoms with E-state index in [2.05, 4.69) is 10.0 Å². The van der Waals surface area contributed by atoms with Crippen molar-refractivity contribution in [2.24, 2.45) is 0 Å². The summed E-state index contributed by atoms with van der Waals surface area (Å²) in [7, 11) is -3.33. The maximum absolute atomic E-state index is 11.5. The number of carbonyl (C=O) groups is 1. The Labute approximate surface area is 114 Å². The highest BCUT2D eigenvalue weighted by Crippen LogP contribution is 2.02. The predicted octanol–water partition coefficient (Wildman–Crippen LogP) is 0.941. The highest BCUT2D eigenvalue weighted by Gasteiger charge is 2.10. The third kappa shape index (κ3) is 6.35. The molecule has 0 atom stereocenters. The summed E-state index contributed by atoms with van der Waals surface area (Å²) in [6.07, 6.45) is 0.528. The zero-order valence-corrected chi connectivity index (χ0v) is 12.1. The van der Waals surface area contributed by atoms with Gasteiger partial charge < -0.3 is 5.32 Å². The third-order valence-corrected chi connectivity index (χ3v) is 4.03. The van der Waals surface area contributed by atoms with E-state index in [4.69, 9.17) is 0 Å². The van der Waals surface area contributed by atoms with Gasteiger partial charge in [-0.1, -0.05) is 36.8 Å². The molecule has 1 amide bonds. The molecule has 0 aromatic heterocycles. The second-order valence-corrected chi connectivity index (χ2v) is 6.33. The molecule has 1 rings (SSSR count). The summed E-state index contributed by atoms with van der Waals surface area (Å²) < 4.78 is 25.0. The summed E-state index contributed by atoms with van der Waals surface area (Å²) in [5.74, 6) is -0.292. The van der Waals surface area contributed by atoms with Crippen molar-refractivity contribution in [2.45, 2.75) is 26.8 Å². The fourth-order valence-corrected chi connectivity index (χ4v) is 2.63. The van der Waals surface area contributed by atoms with Crippen LogP contribution < -0.4 is 10.0 Å². The molecule has 0 aliphatic heterocycles. The van der Waals surface area contributed by atoms with Gasteiger partial charge in [0.15, 0.2) is 0 Å². The van der Waals surface area contributed by atoms with E-state index in [0.717, 1.165) is 11.1 Å². The number of rotatable bonds is 7. The molecule has 0 aliphatic rings. The highest BCUT2D eigenvalue weighted by atomic mass is 32.2. The van der Waals surface area contributed by atoms with Crippen LogP contribution in [0.3, 0.4) is 0 Å². The first-order chi connectivity index (χ1) is 8.93. The Balaban J connectivity index is 2.36. The van der Waals surface area contributed by atoms with E-state index in [-0.39, 0.29) is 18.2 Å². The molecule has 0 saturated heterocycles. The fraction of sp³-hybridized carbons (Fsp3) is 0.462. The van der Waals surface area contributed by atoms with Crippen LogP contribution >= 0.6 is 0 Å². The Hall–Kier alpha value is -1.40. The maximum atomic E-state index is 11.5. The predicted molar refractivity (Wildman–Crippen MR) is 75.1 cm³/mol. The van der Waals surface area contributed by atoms with Crippen molar-refractivity contribution >= 4 is 15.9 Å². The van der Waals surface area contributed by atoms with E-state index < -0.39 is 10.0 Å². The van der Waals surface area contributed by atoms with E-state index in [1.807, 2.05) is 31.2 Å². The standard InChI is InChI=1S/C13H20N2O3S/c1-3-7-19(17,18)15-10-13(16)14-9-12-6-4-5-11(2)8-12/h4-6,8,15H,3,7,9-10H2,1-2H3,(H,14,16). The Bertz CT molecular complexity index is 526. The topological polar surface area (TPSA) is 75.3 Å².